The van der Waals surface area contributed by atoms with Crippen LogP contribution in [0.25, 0.3) is 0 Å². The third-order valence-electron chi connectivity index (χ3n) is 2.79. The largest absolute Gasteiger partial charge is 0.493 e. The van der Waals surface area contributed by atoms with E-state index in [1.54, 1.807) is 0 Å². The lowest BCUT2D eigenvalue weighted by Gasteiger charge is -2.15. The molecule has 0 saturated carbocycles. The van der Waals surface area contributed by atoms with Gasteiger partial charge in [0.1, 0.15) is 5.75 Å². The molecule has 0 aliphatic heterocycles. The molecule has 0 heterocycles. The van der Waals surface area contributed by atoms with Gasteiger partial charge in [0.2, 0.25) is 0 Å². The topological polar surface area (TPSA) is 21.3 Å². The van der Waals surface area contributed by atoms with Gasteiger partial charge in [-0.05, 0) is 44.9 Å². The van der Waals surface area contributed by atoms with Gasteiger partial charge < -0.3 is 10.1 Å². The Morgan fingerprint density at radius 1 is 1.19 bits per heavy atom. The predicted octanol–water partition coefficient (Wildman–Crippen LogP) is 3.20. The molecule has 1 rings (SSSR count). The first-order valence-electron chi connectivity index (χ1n) is 6.13. The van der Waals surface area contributed by atoms with Crippen molar-refractivity contribution < 1.29 is 4.74 Å². The Hall–Kier alpha value is -1.02. The molecule has 1 N–H and O–H groups in total. The fourth-order valence-corrected chi connectivity index (χ4v) is 1.73. The maximum Gasteiger partial charge on any atom is 0.126 e. The van der Waals surface area contributed by atoms with E-state index in [2.05, 4.69) is 38.2 Å². The van der Waals surface area contributed by atoms with Crippen LogP contribution < -0.4 is 10.1 Å². The summed E-state index contributed by atoms with van der Waals surface area (Å²) in [6.07, 6.45) is 1.16. The number of nitrogens with one attached hydrogen (secondary N) is 1. The van der Waals surface area contributed by atoms with Crippen LogP contribution in [0.15, 0.2) is 12.1 Å². The van der Waals surface area contributed by atoms with E-state index in [9.17, 15) is 0 Å². The summed E-state index contributed by atoms with van der Waals surface area (Å²) in [7, 11) is 0. The molecule has 2 heteroatoms. The zero-order chi connectivity index (χ0) is 12.0. The van der Waals surface area contributed by atoms with Crippen LogP contribution in [0.3, 0.4) is 0 Å². The van der Waals surface area contributed by atoms with Crippen LogP contribution in [0.2, 0.25) is 0 Å². The van der Waals surface area contributed by atoms with Gasteiger partial charge in [0.15, 0.2) is 0 Å². The Morgan fingerprint density at radius 2 is 1.94 bits per heavy atom. The molecule has 0 amide bonds. The standard InChI is InChI=1S/C14H23NO/c1-5-9-15-10-13-8-7-11(3)12(4)14(13)16-6-2/h7-8,15H,5-6,9-10H2,1-4H3. The van der Waals surface area contributed by atoms with Crippen molar-refractivity contribution in [2.45, 2.75) is 40.7 Å². The summed E-state index contributed by atoms with van der Waals surface area (Å²) >= 11 is 0. The lowest BCUT2D eigenvalue weighted by Crippen LogP contribution is -2.15. The van der Waals surface area contributed by atoms with Crippen LogP contribution in [0.5, 0.6) is 5.75 Å². The van der Waals surface area contributed by atoms with Crippen LogP contribution in [-0.2, 0) is 6.54 Å². The highest BCUT2D eigenvalue weighted by Crippen LogP contribution is 2.26. The lowest BCUT2D eigenvalue weighted by atomic mass is 10.0. The first kappa shape index (κ1) is 13.0. The maximum atomic E-state index is 5.74. The molecule has 0 bridgehead atoms. The van der Waals surface area contributed by atoms with Crippen molar-refractivity contribution in [1.29, 1.82) is 0 Å². The van der Waals surface area contributed by atoms with Crippen LogP contribution in [0, 0.1) is 13.8 Å². The summed E-state index contributed by atoms with van der Waals surface area (Å²) in [5.41, 5.74) is 3.82. The van der Waals surface area contributed by atoms with Crippen molar-refractivity contribution in [1.82, 2.24) is 5.32 Å². The summed E-state index contributed by atoms with van der Waals surface area (Å²) in [4.78, 5) is 0. The zero-order valence-corrected chi connectivity index (χ0v) is 10.9. The number of aryl methyl sites for hydroxylation is 1. The van der Waals surface area contributed by atoms with Gasteiger partial charge in [0.25, 0.3) is 0 Å². The normalized spacial score (nSPS) is 10.5. The monoisotopic (exact) mass is 221 g/mol. The number of hydrogen-bond donors (Lipinski definition) is 1. The van der Waals surface area contributed by atoms with Crippen LogP contribution >= 0.6 is 0 Å². The Bertz CT molecular complexity index is 334. The summed E-state index contributed by atoms with van der Waals surface area (Å²) in [6.45, 7) is 11.1. The summed E-state index contributed by atoms with van der Waals surface area (Å²) in [6, 6.07) is 4.33. The second-order valence-electron chi connectivity index (χ2n) is 4.11. The minimum Gasteiger partial charge on any atom is -0.493 e. The van der Waals surface area contributed by atoms with E-state index in [4.69, 9.17) is 4.74 Å². The SMILES string of the molecule is CCCNCc1ccc(C)c(C)c1OCC. The molecule has 1 aromatic carbocycles. The lowest BCUT2D eigenvalue weighted by molar-refractivity contribution is 0.333. The van der Waals surface area contributed by atoms with Gasteiger partial charge in [-0.1, -0.05) is 19.1 Å². The molecule has 16 heavy (non-hydrogen) atoms. The molecule has 0 aliphatic carbocycles. The van der Waals surface area contributed by atoms with Crippen LogP contribution in [-0.4, -0.2) is 13.2 Å². The van der Waals surface area contributed by atoms with Gasteiger partial charge in [-0.2, -0.15) is 0 Å². The first-order valence-corrected chi connectivity index (χ1v) is 6.13. The Labute approximate surface area is 99.0 Å². The summed E-state index contributed by atoms with van der Waals surface area (Å²) < 4.78 is 5.74. The predicted molar refractivity (Wildman–Crippen MR) is 69.1 cm³/mol. The highest BCUT2D eigenvalue weighted by atomic mass is 16.5. The van der Waals surface area contributed by atoms with Gasteiger partial charge in [0.05, 0.1) is 6.61 Å². The molecule has 0 unspecified atom stereocenters. The highest BCUT2D eigenvalue weighted by Gasteiger charge is 2.08. The molecule has 0 atom stereocenters. The van der Waals surface area contributed by atoms with Crippen molar-refractivity contribution in [3.8, 4) is 5.75 Å². The molecule has 1 aromatic rings. The van der Waals surface area contributed by atoms with Crippen molar-refractivity contribution in [3.05, 3.63) is 28.8 Å². The second kappa shape index (κ2) is 6.54. The van der Waals surface area contributed by atoms with Gasteiger partial charge in [-0.3, -0.25) is 0 Å². The van der Waals surface area contributed by atoms with E-state index in [0.29, 0.717) is 0 Å². The Balaban J connectivity index is 2.85. The molecule has 90 valence electrons. The third-order valence-corrected chi connectivity index (χ3v) is 2.79. The average molecular weight is 221 g/mol. The molecule has 0 radical (unpaired) electrons. The van der Waals surface area contributed by atoms with Gasteiger partial charge in [-0.15, -0.1) is 0 Å². The van der Waals surface area contributed by atoms with Crippen LogP contribution in [0.4, 0.5) is 0 Å². The minimum atomic E-state index is 0.727. The van der Waals surface area contributed by atoms with Crippen molar-refractivity contribution in [3.63, 3.8) is 0 Å². The molecule has 0 aromatic heterocycles. The Morgan fingerprint density at radius 3 is 2.56 bits per heavy atom. The fourth-order valence-electron chi connectivity index (χ4n) is 1.73. The summed E-state index contributed by atoms with van der Waals surface area (Å²) in [5.74, 6) is 1.06. The number of hydrogen-bond acceptors (Lipinski definition) is 2. The fraction of sp³-hybridized carbons (Fsp3) is 0.571. The van der Waals surface area contributed by atoms with Crippen molar-refractivity contribution in [2.75, 3.05) is 13.2 Å². The molecular formula is C14H23NO. The van der Waals surface area contributed by atoms with E-state index >= 15 is 0 Å². The van der Waals surface area contributed by atoms with E-state index in [0.717, 1.165) is 31.9 Å². The third kappa shape index (κ3) is 3.24. The quantitative estimate of drug-likeness (QED) is 0.745. The molecule has 0 spiro atoms. The smallest absolute Gasteiger partial charge is 0.126 e. The molecule has 0 fully saturated rings. The highest BCUT2D eigenvalue weighted by molar-refractivity contribution is 5.45. The van der Waals surface area contributed by atoms with Gasteiger partial charge >= 0.3 is 0 Å². The zero-order valence-electron chi connectivity index (χ0n) is 10.9. The van der Waals surface area contributed by atoms with Gasteiger partial charge in [0, 0.05) is 12.1 Å². The van der Waals surface area contributed by atoms with Crippen molar-refractivity contribution in [2.24, 2.45) is 0 Å². The average Bonchev–Trinajstić information content (AvgIpc) is 2.28. The molecular weight excluding hydrogens is 198 g/mol. The van der Waals surface area contributed by atoms with Crippen LogP contribution in [0.1, 0.15) is 37.0 Å². The second-order valence-corrected chi connectivity index (χ2v) is 4.11. The van der Waals surface area contributed by atoms with E-state index < -0.39 is 0 Å². The molecule has 2 nitrogen and oxygen atoms in total. The molecule has 0 aliphatic rings. The van der Waals surface area contributed by atoms with Crippen molar-refractivity contribution >= 4 is 0 Å². The summed E-state index contributed by atoms with van der Waals surface area (Å²) in [5, 5.41) is 3.42. The first-order chi connectivity index (χ1) is 7.70. The van der Waals surface area contributed by atoms with E-state index in [-0.39, 0.29) is 0 Å². The van der Waals surface area contributed by atoms with Gasteiger partial charge in [-0.25, -0.2) is 0 Å². The van der Waals surface area contributed by atoms with E-state index in [1.165, 1.54) is 16.7 Å². The maximum absolute atomic E-state index is 5.74. The number of benzene rings is 1. The number of rotatable bonds is 6. The minimum absolute atomic E-state index is 0.727. The Kier molecular flexibility index (Phi) is 5.33. The number of ether oxygens (including phenoxy) is 1. The van der Waals surface area contributed by atoms with E-state index in [1.807, 2.05) is 6.92 Å². The molecule has 0 saturated heterocycles.